The average Bonchev–Trinajstić information content (AvgIpc) is 3.46. The number of fused-ring (bicyclic) bond motifs is 1. The van der Waals surface area contributed by atoms with Gasteiger partial charge in [-0.2, -0.15) is 0 Å². The van der Waals surface area contributed by atoms with E-state index < -0.39 is 17.2 Å². The first kappa shape index (κ1) is 19.7. The zero-order valence-corrected chi connectivity index (χ0v) is 17.1. The molecule has 0 spiro atoms. The normalized spacial score (nSPS) is 21.8. The number of anilines is 1. The van der Waals surface area contributed by atoms with Crippen LogP contribution < -0.4 is 20.4 Å². The number of carboxylic acid groups (broad SMARTS) is 1. The number of nitrogens with one attached hydrogen (secondary N) is 1. The van der Waals surface area contributed by atoms with Crippen molar-refractivity contribution in [1.82, 2.24) is 9.88 Å². The highest BCUT2D eigenvalue weighted by Crippen LogP contribution is 2.45. The monoisotopic (exact) mass is 403 g/mol. The topological polar surface area (TPSA) is 83.8 Å². The Hall–Kier alpha value is -2.61. The van der Waals surface area contributed by atoms with Crippen molar-refractivity contribution in [2.24, 2.45) is 5.92 Å². The summed E-state index contributed by atoms with van der Waals surface area (Å²) in [5, 5.41) is 12.9. The molecule has 2 fully saturated rings. The van der Waals surface area contributed by atoms with Crippen LogP contribution in [0.1, 0.15) is 41.7 Å². The van der Waals surface area contributed by atoms with Crippen LogP contribution in [-0.4, -0.2) is 48.9 Å². The molecule has 1 saturated heterocycles. The third kappa shape index (κ3) is 2.97. The third-order valence-corrected chi connectivity index (χ3v) is 6.25. The lowest BCUT2D eigenvalue weighted by atomic mass is 10.0. The lowest BCUT2D eigenvalue weighted by Crippen LogP contribution is -2.32. The maximum absolute atomic E-state index is 15.6. The van der Waals surface area contributed by atoms with E-state index in [-0.39, 0.29) is 28.6 Å². The smallest absolute Gasteiger partial charge is 0.341 e. The second-order valence-corrected chi connectivity index (χ2v) is 8.14. The number of carbonyl (C=O) groups is 1. The molecule has 1 aromatic heterocycles. The number of ether oxygens (including phenoxy) is 1. The first-order chi connectivity index (χ1) is 13.8. The molecule has 0 radical (unpaired) electrons. The minimum absolute atomic E-state index is 0.0883. The Labute approximate surface area is 168 Å². The van der Waals surface area contributed by atoms with Crippen LogP contribution in [0.2, 0.25) is 0 Å². The third-order valence-electron chi connectivity index (χ3n) is 6.25. The molecule has 1 aliphatic heterocycles. The van der Waals surface area contributed by atoms with Gasteiger partial charge in [-0.1, -0.05) is 6.92 Å². The molecule has 156 valence electrons. The second kappa shape index (κ2) is 7.02. The Morgan fingerprint density at radius 1 is 1.34 bits per heavy atom. The second-order valence-electron chi connectivity index (χ2n) is 8.14. The number of nitrogens with zero attached hydrogens (tertiary/aromatic N) is 2. The number of aryl methyl sites for hydroxylation is 1. The van der Waals surface area contributed by atoms with Crippen molar-refractivity contribution in [2.45, 2.75) is 38.8 Å². The van der Waals surface area contributed by atoms with Crippen LogP contribution in [0.3, 0.4) is 0 Å². The number of halogens is 1. The summed E-state index contributed by atoms with van der Waals surface area (Å²) in [7, 11) is 3.36. The van der Waals surface area contributed by atoms with Crippen molar-refractivity contribution in [3.05, 3.63) is 33.4 Å². The summed E-state index contributed by atoms with van der Waals surface area (Å²) in [6.07, 6.45) is 3.15. The summed E-state index contributed by atoms with van der Waals surface area (Å²) < 4.78 is 23.1. The minimum atomic E-state index is -1.31. The Morgan fingerprint density at radius 2 is 2.03 bits per heavy atom. The summed E-state index contributed by atoms with van der Waals surface area (Å²) in [5.41, 5.74) is -0.0161. The SMILES string of the molecule is CN[C@@H]1CN(c2c(F)c(C)c3c(=O)c(C(=O)O)cn(C4CC4)c3c2OC)C[C@H]1C. The molecule has 0 bridgehead atoms. The number of aromatic nitrogens is 1. The molecular formula is C21H26FN3O4. The number of benzene rings is 1. The first-order valence-corrected chi connectivity index (χ1v) is 9.90. The number of carboxylic acids is 1. The van der Waals surface area contributed by atoms with Gasteiger partial charge in [0.1, 0.15) is 11.3 Å². The fourth-order valence-electron chi connectivity index (χ4n) is 4.51. The maximum atomic E-state index is 15.6. The number of rotatable bonds is 5. The van der Waals surface area contributed by atoms with Gasteiger partial charge < -0.3 is 24.6 Å². The lowest BCUT2D eigenvalue weighted by Gasteiger charge is -2.26. The van der Waals surface area contributed by atoms with Gasteiger partial charge in [-0.25, -0.2) is 9.18 Å². The molecule has 1 aliphatic carbocycles. The van der Waals surface area contributed by atoms with Crippen LogP contribution >= 0.6 is 0 Å². The molecule has 1 aromatic carbocycles. The van der Waals surface area contributed by atoms with Gasteiger partial charge >= 0.3 is 5.97 Å². The molecule has 4 rings (SSSR count). The molecule has 2 aliphatic rings. The number of methoxy groups -OCH3 is 1. The highest BCUT2D eigenvalue weighted by molar-refractivity contribution is 5.99. The van der Waals surface area contributed by atoms with Gasteiger partial charge in [-0.05, 0) is 32.7 Å². The minimum Gasteiger partial charge on any atom is -0.492 e. The lowest BCUT2D eigenvalue weighted by molar-refractivity contribution is 0.0695. The molecule has 2 heterocycles. The van der Waals surface area contributed by atoms with Gasteiger partial charge in [0, 0.05) is 36.9 Å². The van der Waals surface area contributed by atoms with Crippen molar-refractivity contribution in [2.75, 3.05) is 32.1 Å². The number of hydrogen-bond donors (Lipinski definition) is 2. The molecular weight excluding hydrogens is 377 g/mol. The van der Waals surface area contributed by atoms with E-state index in [1.54, 1.807) is 11.5 Å². The zero-order chi connectivity index (χ0) is 21.0. The summed E-state index contributed by atoms with van der Waals surface area (Å²) in [6.45, 7) is 4.93. The van der Waals surface area contributed by atoms with Crippen molar-refractivity contribution in [3.63, 3.8) is 0 Å². The molecule has 2 N–H and O–H groups in total. The number of hydrogen-bond acceptors (Lipinski definition) is 5. The number of aromatic carboxylic acids is 1. The van der Waals surface area contributed by atoms with Gasteiger partial charge in [0.05, 0.1) is 18.0 Å². The number of likely N-dealkylation sites (N-methyl/N-ethyl adjacent to an activating group) is 1. The molecule has 29 heavy (non-hydrogen) atoms. The summed E-state index contributed by atoms with van der Waals surface area (Å²) >= 11 is 0. The van der Waals surface area contributed by atoms with E-state index in [9.17, 15) is 14.7 Å². The maximum Gasteiger partial charge on any atom is 0.341 e. The molecule has 8 heteroatoms. The van der Waals surface area contributed by atoms with E-state index in [1.807, 2.05) is 11.9 Å². The Morgan fingerprint density at radius 3 is 2.55 bits per heavy atom. The summed E-state index contributed by atoms with van der Waals surface area (Å²) in [6, 6.07) is 0.306. The average molecular weight is 403 g/mol. The zero-order valence-electron chi connectivity index (χ0n) is 17.1. The van der Waals surface area contributed by atoms with Crippen LogP contribution in [0, 0.1) is 18.7 Å². The van der Waals surface area contributed by atoms with E-state index in [4.69, 9.17) is 4.74 Å². The van der Waals surface area contributed by atoms with Crippen molar-refractivity contribution < 1.29 is 19.0 Å². The highest BCUT2D eigenvalue weighted by Gasteiger charge is 2.36. The number of pyridine rings is 1. The van der Waals surface area contributed by atoms with Crippen LogP contribution in [0.15, 0.2) is 11.0 Å². The standard InChI is InChI=1S/C21H26FN3O4/c1-10-7-24(9-14(10)23-3)18-16(22)11(2)15-17(20(18)29-4)25(12-5-6-12)8-13(19(15)26)21(27)28/h8,10,12,14,23H,5-7,9H2,1-4H3,(H,27,28)/t10-,14-/m1/s1. The van der Waals surface area contributed by atoms with Crippen molar-refractivity contribution in [1.29, 1.82) is 0 Å². The predicted molar refractivity (Wildman–Crippen MR) is 109 cm³/mol. The van der Waals surface area contributed by atoms with E-state index in [0.717, 1.165) is 12.8 Å². The van der Waals surface area contributed by atoms with E-state index in [0.29, 0.717) is 36.0 Å². The van der Waals surface area contributed by atoms with Gasteiger partial charge in [0.15, 0.2) is 11.6 Å². The van der Waals surface area contributed by atoms with Gasteiger partial charge in [-0.3, -0.25) is 4.79 Å². The van der Waals surface area contributed by atoms with Crippen LogP contribution in [0.5, 0.6) is 5.75 Å². The van der Waals surface area contributed by atoms with Gasteiger partial charge in [-0.15, -0.1) is 0 Å². The molecule has 0 amide bonds. The first-order valence-electron chi connectivity index (χ1n) is 9.90. The van der Waals surface area contributed by atoms with Crippen molar-refractivity contribution in [3.8, 4) is 5.75 Å². The Balaban J connectivity index is 2.06. The van der Waals surface area contributed by atoms with Crippen LogP contribution in [-0.2, 0) is 0 Å². The van der Waals surface area contributed by atoms with E-state index in [1.165, 1.54) is 13.3 Å². The highest BCUT2D eigenvalue weighted by atomic mass is 19.1. The predicted octanol–water partition coefficient (Wildman–Crippen LogP) is 2.53. The fourth-order valence-corrected chi connectivity index (χ4v) is 4.51. The Bertz CT molecular complexity index is 1060. The molecule has 7 nitrogen and oxygen atoms in total. The van der Waals surface area contributed by atoms with Crippen molar-refractivity contribution >= 4 is 22.6 Å². The summed E-state index contributed by atoms with van der Waals surface area (Å²) in [5.74, 6) is -1.22. The van der Waals surface area contributed by atoms with Gasteiger partial charge in [0.2, 0.25) is 5.43 Å². The molecule has 2 atom stereocenters. The van der Waals surface area contributed by atoms with Crippen LogP contribution in [0.4, 0.5) is 10.1 Å². The largest absolute Gasteiger partial charge is 0.492 e. The molecule has 2 aromatic rings. The van der Waals surface area contributed by atoms with E-state index in [2.05, 4.69) is 12.2 Å². The fraction of sp³-hybridized carbons (Fsp3) is 0.524. The Kier molecular flexibility index (Phi) is 4.77. The van der Waals surface area contributed by atoms with Gasteiger partial charge in [0.25, 0.3) is 0 Å². The van der Waals surface area contributed by atoms with Crippen LogP contribution in [0.25, 0.3) is 10.9 Å². The summed E-state index contributed by atoms with van der Waals surface area (Å²) in [4.78, 5) is 26.5. The van der Waals surface area contributed by atoms with E-state index >= 15 is 4.39 Å². The quantitative estimate of drug-likeness (QED) is 0.798. The molecule has 0 unspecified atom stereocenters. The molecule has 1 saturated carbocycles.